The monoisotopic (exact) mass is 399 g/mol. The predicted molar refractivity (Wildman–Crippen MR) is 101 cm³/mol. The summed E-state index contributed by atoms with van der Waals surface area (Å²) in [5.41, 5.74) is -0.410. The molecule has 10 heteroatoms. The van der Waals surface area contributed by atoms with Crippen LogP contribution in [0.15, 0.2) is 42.5 Å². The standard InChI is InChI=1S/C19H17N3O7/c1-28-9-10-29-13-7-5-12(6-8-13)20-16(23)11-21-18(24)14-3-2-4-15(22(26)27)17(14)19(21)25/h2-8H,9-11H2,1H3,(H,20,23). The number of rotatable bonds is 8. The zero-order chi connectivity index (χ0) is 21.0. The minimum Gasteiger partial charge on any atom is -0.491 e. The number of nitrogens with zero attached hydrogens (tertiary/aromatic N) is 2. The molecule has 3 rings (SSSR count). The van der Waals surface area contributed by atoms with Gasteiger partial charge in [0.25, 0.3) is 17.5 Å². The van der Waals surface area contributed by atoms with Crippen LogP contribution in [0.5, 0.6) is 5.75 Å². The SMILES string of the molecule is COCCOc1ccc(NC(=O)CN2C(=O)c3cccc([N+](=O)[O-])c3C2=O)cc1. The second kappa shape index (κ2) is 8.48. The fraction of sp³-hybridized carbons (Fsp3) is 0.211. The number of anilines is 1. The molecular weight excluding hydrogens is 382 g/mol. The van der Waals surface area contributed by atoms with Crippen LogP contribution in [0.25, 0.3) is 0 Å². The van der Waals surface area contributed by atoms with Gasteiger partial charge in [0, 0.05) is 18.9 Å². The molecule has 0 radical (unpaired) electrons. The number of nitro benzene ring substituents is 1. The van der Waals surface area contributed by atoms with Gasteiger partial charge in [-0.05, 0) is 30.3 Å². The molecule has 1 N–H and O–H groups in total. The minimum absolute atomic E-state index is 0.0884. The van der Waals surface area contributed by atoms with Crippen LogP contribution in [0.3, 0.4) is 0 Å². The van der Waals surface area contributed by atoms with E-state index in [-0.39, 0.29) is 11.1 Å². The number of ether oxygens (including phenoxy) is 2. The van der Waals surface area contributed by atoms with Gasteiger partial charge < -0.3 is 14.8 Å². The molecule has 0 aliphatic carbocycles. The van der Waals surface area contributed by atoms with Crippen LogP contribution in [-0.2, 0) is 9.53 Å². The van der Waals surface area contributed by atoms with Crippen LogP contribution in [0.1, 0.15) is 20.7 Å². The zero-order valence-corrected chi connectivity index (χ0v) is 15.4. The lowest BCUT2D eigenvalue weighted by molar-refractivity contribution is -0.385. The highest BCUT2D eigenvalue weighted by atomic mass is 16.6. The number of hydrogen-bond donors (Lipinski definition) is 1. The maximum Gasteiger partial charge on any atom is 0.282 e. The Hall–Kier alpha value is -3.79. The van der Waals surface area contributed by atoms with Crippen LogP contribution in [-0.4, -0.2) is 54.4 Å². The summed E-state index contributed by atoms with van der Waals surface area (Å²) in [4.78, 5) is 48.3. The summed E-state index contributed by atoms with van der Waals surface area (Å²) in [6.45, 7) is 0.264. The smallest absolute Gasteiger partial charge is 0.282 e. The molecule has 0 fully saturated rings. The maximum absolute atomic E-state index is 12.5. The number of benzene rings is 2. The van der Waals surface area contributed by atoms with E-state index in [2.05, 4.69) is 5.32 Å². The molecule has 0 spiro atoms. The van der Waals surface area contributed by atoms with E-state index in [9.17, 15) is 24.5 Å². The third-order valence-electron chi connectivity index (χ3n) is 4.17. The van der Waals surface area contributed by atoms with Crippen LogP contribution in [0.2, 0.25) is 0 Å². The number of fused-ring (bicyclic) bond motifs is 1. The second-order valence-electron chi connectivity index (χ2n) is 6.07. The molecule has 0 bridgehead atoms. The number of nitrogens with one attached hydrogen (secondary N) is 1. The van der Waals surface area contributed by atoms with Gasteiger partial charge in [-0.2, -0.15) is 0 Å². The van der Waals surface area contributed by atoms with Crippen LogP contribution < -0.4 is 10.1 Å². The van der Waals surface area contributed by atoms with E-state index in [0.717, 1.165) is 6.07 Å². The molecule has 1 aliphatic heterocycles. The maximum atomic E-state index is 12.5. The van der Waals surface area contributed by atoms with Gasteiger partial charge in [0.1, 0.15) is 24.5 Å². The van der Waals surface area contributed by atoms with Crippen molar-refractivity contribution < 1.29 is 28.8 Å². The van der Waals surface area contributed by atoms with Gasteiger partial charge in [0.05, 0.1) is 17.1 Å². The Labute approximate surface area is 165 Å². The zero-order valence-electron chi connectivity index (χ0n) is 15.4. The number of methoxy groups -OCH3 is 1. The molecule has 0 atom stereocenters. The predicted octanol–water partition coefficient (Wildman–Crippen LogP) is 1.85. The lowest BCUT2D eigenvalue weighted by Gasteiger charge is -2.14. The van der Waals surface area contributed by atoms with Crippen molar-refractivity contribution >= 4 is 29.1 Å². The lowest BCUT2D eigenvalue weighted by Crippen LogP contribution is -2.37. The number of imide groups is 1. The first-order valence-electron chi connectivity index (χ1n) is 8.57. The Morgan fingerprint density at radius 2 is 1.83 bits per heavy atom. The van der Waals surface area contributed by atoms with E-state index < -0.39 is 34.9 Å². The lowest BCUT2D eigenvalue weighted by atomic mass is 10.1. The summed E-state index contributed by atoms with van der Waals surface area (Å²) in [7, 11) is 1.56. The van der Waals surface area contributed by atoms with Gasteiger partial charge in [-0.15, -0.1) is 0 Å². The molecule has 0 unspecified atom stereocenters. The molecule has 10 nitrogen and oxygen atoms in total. The molecule has 1 heterocycles. The van der Waals surface area contributed by atoms with Crippen molar-refractivity contribution in [1.82, 2.24) is 4.90 Å². The summed E-state index contributed by atoms with van der Waals surface area (Å²) in [6, 6.07) is 10.3. The number of hydrogen-bond acceptors (Lipinski definition) is 7. The Kier molecular flexibility index (Phi) is 5.84. The highest BCUT2D eigenvalue weighted by Gasteiger charge is 2.41. The topological polar surface area (TPSA) is 128 Å². The fourth-order valence-electron chi connectivity index (χ4n) is 2.83. The Balaban J connectivity index is 1.65. The van der Waals surface area contributed by atoms with E-state index in [1.165, 1.54) is 12.1 Å². The van der Waals surface area contributed by atoms with Crippen molar-refractivity contribution in [3.63, 3.8) is 0 Å². The molecule has 3 amide bonds. The minimum atomic E-state index is -0.866. The van der Waals surface area contributed by atoms with E-state index in [1.807, 2.05) is 0 Å². The molecule has 29 heavy (non-hydrogen) atoms. The quantitative estimate of drug-likeness (QED) is 0.310. The molecule has 0 saturated carbocycles. The Morgan fingerprint density at radius 3 is 2.48 bits per heavy atom. The van der Waals surface area contributed by atoms with Crippen molar-refractivity contribution in [2.75, 3.05) is 32.2 Å². The summed E-state index contributed by atoms with van der Waals surface area (Å²) >= 11 is 0. The summed E-state index contributed by atoms with van der Waals surface area (Å²) in [5.74, 6) is -1.64. The number of carbonyl (C=O) groups excluding carboxylic acids is 3. The van der Waals surface area contributed by atoms with Crippen LogP contribution >= 0.6 is 0 Å². The van der Waals surface area contributed by atoms with E-state index in [4.69, 9.17) is 9.47 Å². The first-order chi connectivity index (χ1) is 13.9. The molecule has 1 aliphatic rings. The van der Waals surface area contributed by atoms with Crippen molar-refractivity contribution in [3.05, 3.63) is 63.7 Å². The molecule has 0 saturated heterocycles. The van der Waals surface area contributed by atoms with Crippen molar-refractivity contribution in [2.24, 2.45) is 0 Å². The van der Waals surface area contributed by atoms with Gasteiger partial charge in [0.15, 0.2) is 0 Å². The van der Waals surface area contributed by atoms with Gasteiger partial charge in [-0.25, -0.2) is 0 Å². The van der Waals surface area contributed by atoms with E-state index in [1.54, 1.807) is 31.4 Å². The molecular formula is C19H17N3O7. The first-order valence-corrected chi connectivity index (χ1v) is 8.57. The normalized spacial score (nSPS) is 12.7. The number of nitro groups is 1. The molecule has 2 aromatic rings. The third-order valence-corrected chi connectivity index (χ3v) is 4.17. The molecule has 150 valence electrons. The van der Waals surface area contributed by atoms with Crippen molar-refractivity contribution in [3.8, 4) is 5.75 Å². The Bertz CT molecular complexity index is 972. The van der Waals surface area contributed by atoms with Crippen LogP contribution in [0.4, 0.5) is 11.4 Å². The van der Waals surface area contributed by atoms with Gasteiger partial charge in [-0.1, -0.05) is 6.07 Å². The highest BCUT2D eigenvalue weighted by molar-refractivity contribution is 6.24. The number of carbonyl (C=O) groups is 3. The fourth-order valence-corrected chi connectivity index (χ4v) is 2.83. The third kappa shape index (κ3) is 4.22. The summed E-state index contributed by atoms with van der Waals surface area (Å²) < 4.78 is 10.3. The van der Waals surface area contributed by atoms with E-state index in [0.29, 0.717) is 29.6 Å². The van der Waals surface area contributed by atoms with Crippen molar-refractivity contribution in [2.45, 2.75) is 0 Å². The largest absolute Gasteiger partial charge is 0.491 e. The van der Waals surface area contributed by atoms with E-state index >= 15 is 0 Å². The average molecular weight is 399 g/mol. The van der Waals surface area contributed by atoms with Gasteiger partial charge in [-0.3, -0.25) is 29.4 Å². The van der Waals surface area contributed by atoms with Crippen LogP contribution in [0, 0.1) is 10.1 Å². The molecule has 0 aromatic heterocycles. The summed E-state index contributed by atoms with van der Waals surface area (Å²) in [6.07, 6.45) is 0. The van der Waals surface area contributed by atoms with Crippen molar-refractivity contribution in [1.29, 1.82) is 0 Å². The second-order valence-corrected chi connectivity index (χ2v) is 6.07. The molecule has 2 aromatic carbocycles. The van der Waals surface area contributed by atoms with Gasteiger partial charge >= 0.3 is 0 Å². The first kappa shape index (κ1) is 20.0. The Morgan fingerprint density at radius 1 is 1.10 bits per heavy atom. The summed E-state index contributed by atoms with van der Waals surface area (Å²) in [5, 5.41) is 13.7. The highest BCUT2D eigenvalue weighted by Crippen LogP contribution is 2.30. The van der Waals surface area contributed by atoms with Gasteiger partial charge in [0.2, 0.25) is 5.91 Å². The average Bonchev–Trinajstić information content (AvgIpc) is 2.94. The number of amides is 3.